The van der Waals surface area contributed by atoms with Crippen LogP contribution in [0.1, 0.15) is 34.6 Å². The van der Waals surface area contributed by atoms with Gasteiger partial charge < -0.3 is 23.5 Å². The van der Waals surface area contributed by atoms with Gasteiger partial charge in [0, 0.05) is 24.9 Å². The van der Waals surface area contributed by atoms with Crippen LogP contribution in [0, 0.1) is 0 Å². The van der Waals surface area contributed by atoms with Crippen LogP contribution in [0.4, 0.5) is 0 Å². The first-order chi connectivity index (χ1) is 15.4. The molecule has 168 valence electrons. The Morgan fingerprint density at radius 3 is 2.09 bits per heavy atom. The molecule has 0 aliphatic carbocycles. The summed E-state index contributed by atoms with van der Waals surface area (Å²) in [6, 6.07) is 8.13. The number of pyridine rings is 1. The third kappa shape index (κ3) is 4.16. The van der Waals surface area contributed by atoms with E-state index in [2.05, 4.69) is 0 Å². The van der Waals surface area contributed by atoms with Crippen LogP contribution in [0.2, 0.25) is 0 Å². The predicted octanol–water partition coefficient (Wildman–Crippen LogP) is 3.58. The summed E-state index contributed by atoms with van der Waals surface area (Å²) in [6.45, 7) is 4.52. The molecule has 0 aliphatic rings. The van der Waals surface area contributed by atoms with Crippen LogP contribution in [0.15, 0.2) is 41.3 Å². The molecule has 0 unspecified atom stereocenters. The number of hydrogen-bond donors (Lipinski definition) is 0. The van der Waals surface area contributed by atoms with Crippen molar-refractivity contribution in [3.63, 3.8) is 0 Å². The Kier molecular flexibility index (Phi) is 6.82. The van der Waals surface area contributed by atoms with Gasteiger partial charge in [0.15, 0.2) is 11.5 Å². The van der Waals surface area contributed by atoms with Crippen LogP contribution in [-0.2, 0) is 16.5 Å². The van der Waals surface area contributed by atoms with Crippen LogP contribution in [0.5, 0.6) is 11.5 Å². The minimum Gasteiger partial charge on any atom is -0.490 e. The Balaban J connectivity index is 2.54. The van der Waals surface area contributed by atoms with Crippen molar-refractivity contribution in [1.82, 2.24) is 4.57 Å². The minimum atomic E-state index is -0.727. The van der Waals surface area contributed by atoms with Gasteiger partial charge in [-0.3, -0.25) is 4.79 Å². The van der Waals surface area contributed by atoms with E-state index in [1.165, 1.54) is 24.9 Å². The Bertz CT molecular complexity index is 1240. The number of carbonyl (C=O) groups excluding carboxylic acids is 2. The Labute approximate surface area is 185 Å². The maximum absolute atomic E-state index is 12.9. The van der Waals surface area contributed by atoms with Crippen molar-refractivity contribution in [2.45, 2.75) is 13.8 Å². The Morgan fingerprint density at radius 2 is 1.53 bits per heavy atom. The summed E-state index contributed by atoms with van der Waals surface area (Å²) in [5.74, 6) is -0.453. The molecule has 0 amide bonds. The summed E-state index contributed by atoms with van der Waals surface area (Å²) in [7, 11) is 4.08. The van der Waals surface area contributed by atoms with Gasteiger partial charge in [0.2, 0.25) is 0 Å². The number of fused-ring (bicyclic) bond motifs is 1. The van der Waals surface area contributed by atoms with E-state index >= 15 is 0 Å². The number of esters is 2. The Morgan fingerprint density at radius 1 is 0.906 bits per heavy atom. The number of aryl methyl sites for hydroxylation is 1. The lowest BCUT2D eigenvalue weighted by molar-refractivity contribution is 0.0556. The first-order valence-electron chi connectivity index (χ1n) is 10.1. The molecular formula is C24H25NO7. The predicted molar refractivity (Wildman–Crippen MR) is 120 cm³/mol. The molecule has 1 aromatic heterocycles. The largest absolute Gasteiger partial charge is 0.490 e. The topological polar surface area (TPSA) is 93.1 Å². The second-order valence-corrected chi connectivity index (χ2v) is 6.91. The summed E-state index contributed by atoms with van der Waals surface area (Å²) in [4.78, 5) is 37.9. The summed E-state index contributed by atoms with van der Waals surface area (Å²) in [6.07, 6.45) is 1.59. The molecule has 0 aliphatic heterocycles. The number of ether oxygens (including phenoxy) is 4. The van der Waals surface area contributed by atoms with Gasteiger partial charge in [0.25, 0.3) is 5.56 Å². The van der Waals surface area contributed by atoms with E-state index in [4.69, 9.17) is 18.9 Å². The third-order valence-corrected chi connectivity index (χ3v) is 4.99. The summed E-state index contributed by atoms with van der Waals surface area (Å²) >= 11 is 0. The fourth-order valence-corrected chi connectivity index (χ4v) is 3.53. The molecule has 0 spiro atoms. The molecule has 8 nitrogen and oxygen atoms in total. The quantitative estimate of drug-likeness (QED) is 0.520. The van der Waals surface area contributed by atoms with Gasteiger partial charge in [-0.1, -0.05) is 0 Å². The van der Waals surface area contributed by atoms with Gasteiger partial charge >= 0.3 is 11.9 Å². The fraction of sp³-hybridized carbons (Fsp3) is 0.292. The van der Waals surface area contributed by atoms with Gasteiger partial charge in [-0.25, -0.2) is 9.59 Å². The molecule has 3 rings (SSSR count). The third-order valence-electron chi connectivity index (χ3n) is 4.99. The lowest BCUT2D eigenvalue weighted by Gasteiger charge is -2.18. The van der Waals surface area contributed by atoms with Crippen molar-refractivity contribution in [2.24, 2.45) is 7.05 Å². The number of hydrogen-bond acceptors (Lipinski definition) is 7. The minimum absolute atomic E-state index is 0.00621. The van der Waals surface area contributed by atoms with Crippen molar-refractivity contribution < 1.29 is 28.5 Å². The second-order valence-electron chi connectivity index (χ2n) is 6.91. The van der Waals surface area contributed by atoms with Crippen molar-refractivity contribution in [2.75, 3.05) is 27.4 Å². The summed E-state index contributed by atoms with van der Waals surface area (Å²) in [5.41, 5.74) is 0.582. The van der Waals surface area contributed by atoms with E-state index in [0.29, 0.717) is 46.6 Å². The zero-order valence-electron chi connectivity index (χ0n) is 18.7. The van der Waals surface area contributed by atoms with Gasteiger partial charge in [-0.05, 0) is 54.4 Å². The maximum Gasteiger partial charge on any atom is 0.339 e. The zero-order valence-corrected chi connectivity index (χ0v) is 18.7. The van der Waals surface area contributed by atoms with E-state index in [0.717, 1.165) is 0 Å². The molecule has 0 radical (unpaired) electrons. The highest BCUT2D eigenvalue weighted by atomic mass is 16.5. The molecule has 0 atom stereocenters. The van der Waals surface area contributed by atoms with Gasteiger partial charge in [-0.2, -0.15) is 0 Å². The van der Waals surface area contributed by atoms with Crippen LogP contribution >= 0.6 is 0 Å². The van der Waals surface area contributed by atoms with Crippen LogP contribution < -0.4 is 15.0 Å². The molecule has 1 heterocycles. The number of benzene rings is 2. The van der Waals surface area contributed by atoms with E-state index in [1.54, 1.807) is 37.5 Å². The van der Waals surface area contributed by atoms with E-state index in [-0.39, 0.29) is 16.7 Å². The second kappa shape index (κ2) is 9.55. The monoisotopic (exact) mass is 439 g/mol. The van der Waals surface area contributed by atoms with Crippen LogP contribution in [0.3, 0.4) is 0 Å². The molecule has 32 heavy (non-hydrogen) atoms. The van der Waals surface area contributed by atoms with Gasteiger partial charge in [-0.15, -0.1) is 0 Å². The normalized spacial score (nSPS) is 10.7. The lowest BCUT2D eigenvalue weighted by Crippen LogP contribution is -2.17. The van der Waals surface area contributed by atoms with E-state index in [9.17, 15) is 14.4 Å². The van der Waals surface area contributed by atoms with Crippen molar-refractivity contribution in [1.29, 1.82) is 0 Å². The molecule has 0 N–H and O–H groups in total. The highest BCUT2D eigenvalue weighted by Gasteiger charge is 2.27. The molecule has 0 saturated heterocycles. The van der Waals surface area contributed by atoms with Crippen molar-refractivity contribution >= 4 is 22.7 Å². The molecular weight excluding hydrogens is 414 g/mol. The first-order valence-corrected chi connectivity index (χ1v) is 10.1. The smallest absolute Gasteiger partial charge is 0.339 e. The summed E-state index contributed by atoms with van der Waals surface area (Å²) in [5, 5.41) is 1.21. The highest BCUT2D eigenvalue weighted by molar-refractivity contribution is 6.15. The molecule has 3 aromatic rings. The average molecular weight is 439 g/mol. The number of nitrogens with zero attached hydrogens (tertiary/aromatic N) is 1. The SMILES string of the molecule is CCOc1cc2cc(C(=O)OC)c(C(=O)OC)c(-c3ccn(C)c(=O)c3)c2cc1OCC. The lowest BCUT2D eigenvalue weighted by atomic mass is 9.89. The number of aromatic nitrogens is 1. The Hall–Kier alpha value is -3.81. The highest BCUT2D eigenvalue weighted by Crippen LogP contribution is 2.41. The van der Waals surface area contributed by atoms with Gasteiger partial charge in [0.1, 0.15) is 0 Å². The average Bonchev–Trinajstić information content (AvgIpc) is 2.79. The van der Waals surface area contributed by atoms with Gasteiger partial charge in [0.05, 0.1) is 38.6 Å². The zero-order chi connectivity index (χ0) is 23.4. The molecule has 8 heteroatoms. The van der Waals surface area contributed by atoms with E-state index < -0.39 is 11.9 Å². The number of methoxy groups -OCH3 is 2. The van der Waals surface area contributed by atoms with Crippen molar-refractivity contribution in [3.05, 3.63) is 58.0 Å². The molecule has 0 saturated carbocycles. The molecule has 0 fully saturated rings. The number of carbonyl (C=O) groups is 2. The van der Waals surface area contributed by atoms with Crippen LogP contribution in [0.25, 0.3) is 21.9 Å². The van der Waals surface area contributed by atoms with Crippen LogP contribution in [-0.4, -0.2) is 43.9 Å². The first kappa shape index (κ1) is 22.9. The molecule has 2 aromatic carbocycles. The molecule has 0 bridgehead atoms. The number of rotatable bonds is 7. The summed E-state index contributed by atoms with van der Waals surface area (Å²) < 4.78 is 22.8. The standard InChI is InChI=1S/C24H25NO7/c1-6-31-18-11-15-10-17(23(27)29-4)22(24(28)30-5)21(16(15)13-19(18)32-7-2)14-8-9-25(3)20(26)12-14/h8-13H,6-7H2,1-5H3. The fourth-order valence-electron chi connectivity index (χ4n) is 3.53. The maximum atomic E-state index is 12.9. The van der Waals surface area contributed by atoms with E-state index in [1.807, 2.05) is 13.8 Å². The van der Waals surface area contributed by atoms with Crippen molar-refractivity contribution in [3.8, 4) is 22.6 Å².